The number of benzene rings is 2. The molecular formula is C17H16ClNOS. The van der Waals surface area contributed by atoms with Crippen molar-refractivity contribution in [3.05, 3.63) is 64.0 Å². The second-order valence-corrected chi connectivity index (χ2v) is 6.34. The lowest BCUT2D eigenvalue weighted by molar-refractivity contribution is 0.308. The van der Waals surface area contributed by atoms with Crippen molar-refractivity contribution in [1.29, 1.82) is 0 Å². The van der Waals surface area contributed by atoms with Crippen LogP contribution in [0.5, 0.6) is 5.75 Å². The average Bonchev–Trinajstić information content (AvgIpc) is 2.89. The van der Waals surface area contributed by atoms with E-state index in [0.29, 0.717) is 17.4 Å². The molecule has 108 valence electrons. The minimum absolute atomic E-state index is 0.0302. The molecule has 2 aromatic carbocycles. The van der Waals surface area contributed by atoms with Gasteiger partial charge in [0.25, 0.3) is 0 Å². The molecule has 1 atom stereocenters. The summed E-state index contributed by atoms with van der Waals surface area (Å²) < 4.78 is 7.13. The van der Waals surface area contributed by atoms with Crippen LogP contribution in [0, 0.1) is 0 Å². The maximum atomic E-state index is 6.25. The maximum Gasteiger partial charge on any atom is 0.138 e. The molecule has 3 rings (SSSR count). The first-order chi connectivity index (χ1) is 10.1. The Bertz CT molecular complexity index is 766. The van der Waals surface area contributed by atoms with E-state index >= 15 is 0 Å². The Kier molecular flexibility index (Phi) is 4.15. The van der Waals surface area contributed by atoms with Gasteiger partial charge in [-0.15, -0.1) is 11.3 Å². The number of hydrogen-bond donors (Lipinski definition) is 1. The lowest BCUT2D eigenvalue weighted by Gasteiger charge is -2.11. The van der Waals surface area contributed by atoms with Crippen LogP contribution in [0.15, 0.2) is 47.8 Å². The predicted octanol–water partition coefficient (Wildman–Crippen LogP) is 5.15. The van der Waals surface area contributed by atoms with Crippen LogP contribution < -0.4 is 10.5 Å². The zero-order valence-electron chi connectivity index (χ0n) is 11.7. The molecule has 0 saturated heterocycles. The van der Waals surface area contributed by atoms with Crippen LogP contribution in [-0.4, -0.2) is 0 Å². The smallest absolute Gasteiger partial charge is 0.138 e. The zero-order chi connectivity index (χ0) is 14.8. The molecule has 0 fully saturated rings. The highest BCUT2D eigenvalue weighted by atomic mass is 35.5. The minimum Gasteiger partial charge on any atom is -0.487 e. The molecule has 0 spiro atoms. The van der Waals surface area contributed by atoms with Crippen LogP contribution in [0.4, 0.5) is 0 Å². The summed E-state index contributed by atoms with van der Waals surface area (Å²) in [6.45, 7) is 2.45. The molecule has 0 aliphatic rings. The molecule has 0 aliphatic heterocycles. The second-order valence-electron chi connectivity index (χ2n) is 5.02. The quantitative estimate of drug-likeness (QED) is 0.722. The SMILES string of the molecule is C[C@H](N)c1ccc(OCc2csc3ccccc23)c(Cl)c1. The van der Waals surface area contributed by atoms with Gasteiger partial charge in [-0.3, -0.25) is 0 Å². The van der Waals surface area contributed by atoms with Crippen LogP contribution >= 0.6 is 22.9 Å². The molecule has 1 heterocycles. The Morgan fingerprint density at radius 3 is 2.81 bits per heavy atom. The van der Waals surface area contributed by atoms with Gasteiger partial charge in [0, 0.05) is 16.3 Å². The van der Waals surface area contributed by atoms with E-state index in [1.165, 1.54) is 15.6 Å². The minimum atomic E-state index is -0.0302. The van der Waals surface area contributed by atoms with Gasteiger partial charge in [0.05, 0.1) is 5.02 Å². The van der Waals surface area contributed by atoms with E-state index < -0.39 is 0 Å². The predicted molar refractivity (Wildman–Crippen MR) is 90.2 cm³/mol. The van der Waals surface area contributed by atoms with Gasteiger partial charge < -0.3 is 10.5 Å². The van der Waals surface area contributed by atoms with E-state index in [1.54, 1.807) is 11.3 Å². The van der Waals surface area contributed by atoms with Gasteiger partial charge in [-0.25, -0.2) is 0 Å². The summed E-state index contributed by atoms with van der Waals surface area (Å²) in [6.07, 6.45) is 0. The summed E-state index contributed by atoms with van der Waals surface area (Å²) >= 11 is 7.98. The average molecular weight is 318 g/mol. The van der Waals surface area contributed by atoms with Crippen LogP contribution in [0.2, 0.25) is 5.02 Å². The van der Waals surface area contributed by atoms with Gasteiger partial charge in [-0.1, -0.05) is 35.9 Å². The van der Waals surface area contributed by atoms with Gasteiger partial charge in [0.1, 0.15) is 12.4 Å². The molecule has 2 nitrogen and oxygen atoms in total. The molecule has 0 bridgehead atoms. The number of nitrogens with two attached hydrogens (primary N) is 1. The van der Waals surface area contributed by atoms with Crippen molar-refractivity contribution in [3.8, 4) is 5.75 Å². The molecule has 0 amide bonds. The first-order valence-corrected chi connectivity index (χ1v) is 8.04. The number of fused-ring (bicyclic) bond motifs is 1. The molecule has 21 heavy (non-hydrogen) atoms. The third-order valence-electron chi connectivity index (χ3n) is 3.43. The van der Waals surface area contributed by atoms with Crippen molar-refractivity contribution in [2.45, 2.75) is 19.6 Å². The van der Waals surface area contributed by atoms with E-state index in [-0.39, 0.29) is 6.04 Å². The molecular weight excluding hydrogens is 302 g/mol. The molecule has 4 heteroatoms. The van der Waals surface area contributed by atoms with E-state index in [0.717, 1.165) is 5.56 Å². The highest BCUT2D eigenvalue weighted by Crippen LogP contribution is 2.30. The molecule has 1 aromatic heterocycles. The Hall–Kier alpha value is -1.55. The fraction of sp³-hybridized carbons (Fsp3) is 0.176. The van der Waals surface area contributed by atoms with Crippen molar-refractivity contribution >= 4 is 33.0 Å². The standard InChI is InChI=1S/C17H16ClNOS/c1-11(19)12-6-7-16(15(18)8-12)20-9-13-10-21-17-5-3-2-4-14(13)17/h2-8,10-11H,9,19H2,1H3/t11-/m0/s1. The summed E-state index contributed by atoms with van der Waals surface area (Å²) in [7, 11) is 0. The van der Waals surface area contributed by atoms with Gasteiger partial charge in [-0.05, 0) is 41.5 Å². The highest BCUT2D eigenvalue weighted by molar-refractivity contribution is 7.17. The summed E-state index contributed by atoms with van der Waals surface area (Å²) in [5.41, 5.74) is 8.04. The molecule has 0 aliphatic carbocycles. The first kappa shape index (κ1) is 14.4. The highest BCUT2D eigenvalue weighted by Gasteiger charge is 2.08. The fourth-order valence-corrected chi connectivity index (χ4v) is 3.41. The molecule has 0 unspecified atom stereocenters. The van der Waals surface area contributed by atoms with Gasteiger partial charge >= 0.3 is 0 Å². The molecule has 2 N–H and O–H groups in total. The lowest BCUT2D eigenvalue weighted by atomic mass is 10.1. The van der Waals surface area contributed by atoms with Crippen LogP contribution in [-0.2, 0) is 6.61 Å². The summed E-state index contributed by atoms with van der Waals surface area (Å²) in [5, 5.41) is 3.98. The first-order valence-electron chi connectivity index (χ1n) is 6.78. The van der Waals surface area contributed by atoms with Crippen LogP contribution in [0.25, 0.3) is 10.1 Å². The van der Waals surface area contributed by atoms with E-state index in [9.17, 15) is 0 Å². The Morgan fingerprint density at radius 2 is 2.05 bits per heavy atom. The van der Waals surface area contributed by atoms with Gasteiger partial charge in [0.15, 0.2) is 0 Å². The normalized spacial score (nSPS) is 12.5. The lowest BCUT2D eigenvalue weighted by Crippen LogP contribution is -2.05. The molecule has 3 aromatic rings. The Labute approximate surface area is 133 Å². The fourth-order valence-electron chi connectivity index (χ4n) is 2.22. The Morgan fingerprint density at radius 1 is 1.24 bits per heavy atom. The maximum absolute atomic E-state index is 6.25. The van der Waals surface area contributed by atoms with Gasteiger partial charge in [0.2, 0.25) is 0 Å². The third kappa shape index (κ3) is 3.05. The van der Waals surface area contributed by atoms with E-state index in [4.69, 9.17) is 22.1 Å². The monoisotopic (exact) mass is 317 g/mol. The molecule has 0 radical (unpaired) electrons. The summed E-state index contributed by atoms with van der Waals surface area (Å²) in [6, 6.07) is 14.0. The van der Waals surface area contributed by atoms with E-state index in [1.807, 2.05) is 37.3 Å². The van der Waals surface area contributed by atoms with Crippen molar-refractivity contribution < 1.29 is 4.74 Å². The summed E-state index contributed by atoms with van der Waals surface area (Å²) in [5.74, 6) is 0.691. The van der Waals surface area contributed by atoms with Crippen molar-refractivity contribution in [2.24, 2.45) is 5.73 Å². The number of rotatable bonds is 4. The molecule has 0 saturated carbocycles. The zero-order valence-corrected chi connectivity index (χ0v) is 13.2. The number of hydrogen-bond acceptors (Lipinski definition) is 3. The third-order valence-corrected chi connectivity index (χ3v) is 4.73. The largest absolute Gasteiger partial charge is 0.487 e. The van der Waals surface area contributed by atoms with Gasteiger partial charge in [-0.2, -0.15) is 0 Å². The Balaban J connectivity index is 1.79. The van der Waals surface area contributed by atoms with Crippen molar-refractivity contribution in [3.63, 3.8) is 0 Å². The summed E-state index contributed by atoms with van der Waals surface area (Å²) in [4.78, 5) is 0. The van der Waals surface area contributed by atoms with E-state index in [2.05, 4.69) is 17.5 Å². The number of halogens is 1. The number of thiophene rings is 1. The van der Waals surface area contributed by atoms with Crippen molar-refractivity contribution in [2.75, 3.05) is 0 Å². The van der Waals surface area contributed by atoms with Crippen LogP contribution in [0.1, 0.15) is 24.1 Å². The van der Waals surface area contributed by atoms with Crippen molar-refractivity contribution in [1.82, 2.24) is 0 Å². The number of ether oxygens (including phenoxy) is 1. The second kappa shape index (κ2) is 6.06. The topological polar surface area (TPSA) is 35.2 Å². The van der Waals surface area contributed by atoms with Crippen LogP contribution in [0.3, 0.4) is 0 Å².